The van der Waals surface area contributed by atoms with E-state index in [-0.39, 0.29) is 17.7 Å². The van der Waals surface area contributed by atoms with Crippen molar-refractivity contribution in [2.75, 3.05) is 42.9 Å². The van der Waals surface area contributed by atoms with Gasteiger partial charge in [-0.1, -0.05) is 31.5 Å². The third-order valence-corrected chi connectivity index (χ3v) is 5.94. The fraction of sp³-hybridized carbons (Fsp3) is 0.360. The monoisotopic (exact) mass is 447 g/mol. The van der Waals surface area contributed by atoms with Gasteiger partial charge in [0.05, 0.1) is 5.57 Å². The average Bonchev–Trinajstić information content (AvgIpc) is 3.08. The van der Waals surface area contributed by atoms with Crippen LogP contribution in [0.25, 0.3) is 5.57 Å². The smallest absolute Gasteiger partial charge is 0.277 e. The molecular weight excluding hydrogens is 418 g/mol. The molecule has 3 heterocycles. The van der Waals surface area contributed by atoms with Gasteiger partial charge in [0.25, 0.3) is 11.8 Å². The normalized spacial score (nSPS) is 16.6. The van der Waals surface area contributed by atoms with Crippen molar-refractivity contribution in [1.29, 1.82) is 0 Å². The Morgan fingerprint density at radius 1 is 0.970 bits per heavy atom. The average molecular weight is 448 g/mol. The van der Waals surface area contributed by atoms with E-state index >= 15 is 0 Å². The Morgan fingerprint density at radius 3 is 2.27 bits per heavy atom. The maximum Gasteiger partial charge on any atom is 0.277 e. The summed E-state index contributed by atoms with van der Waals surface area (Å²) in [5.41, 5.74) is 2.25. The van der Waals surface area contributed by atoms with E-state index in [4.69, 9.17) is 0 Å². The van der Waals surface area contributed by atoms with Gasteiger partial charge < -0.3 is 15.1 Å². The minimum absolute atomic E-state index is 0.161. The Morgan fingerprint density at radius 2 is 1.67 bits per heavy atom. The summed E-state index contributed by atoms with van der Waals surface area (Å²) in [6.07, 6.45) is 3.45. The molecular formula is C25H29N5O3. The third-order valence-electron chi connectivity index (χ3n) is 5.94. The summed E-state index contributed by atoms with van der Waals surface area (Å²) < 4.78 is 0. The zero-order valence-corrected chi connectivity index (χ0v) is 19.1. The lowest BCUT2D eigenvalue weighted by atomic mass is 10.0. The van der Waals surface area contributed by atoms with Gasteiger partial charge in [-0.25, -0.2) is 4.98 Å². The molecule has 1 N–H and O–H groups in total. The summed E-state index contributed by atoms with van der Waals surface area (Å²) in [5.74, 6) is 0.285. The molecule has 0 spiro atoms. The minimum atomic E-state index is -0.247. The number of nitrogens with zero attached hydrogens (tertiary/aromatic N) is 4. The van der Waals surface area contributed by atoms with E-state index in [0.29, 0.717) is 55.2 Å². The third kappa shape index (κ3) is 4.74. The van der Waals surface area contributed by atoms with Gasteiger partial charge in [0.1, 0.15) is 11.5 Å². The first-order valence-corrected chi connectivity index (χ1v) is 11.4. The van der Waals surface area contributed by atoms with Gasteiger partial charge in [0.15, 0.2) is 0 Å². The Hall–Kier alpha value is -3.68. The maximum absolute atomic E-state index is 13.4. The van der Waals surface area contributed by atoms with Crippen molar-refractivity contribution >= 4 is 34.8 Å². The molecule has 3 amide bonds. The maximum atomic E-state index is 13.4. The SMILES string of the molecule is CCCCN1C(=O)C(c2ccc(NC(C)=O)cc2)=C(N2CCN(c3ccccn3)CC2)C1=O. The predicted molar refractivity (Wildman–Crippen MR) is 127 cm³/mol. The Kier molecular flexibility index (Phi) is 6.72. The molecule has 4 rings (SSSR count). The molecule has 8 nitrogen and oxygen atoms in total. The molecule has 0 radical (unpaired) electrons. The highest BCUT2D eigenvalue weighted by atomic mass is 16.2. The molecule has 2 aromatic rings. The van der Waals surface area contributed by atoms with Gasteiger partial charge in [0.2, 0.25) is 5.91 Å². The van der Waals surface area contributed by atoms with E-state index in [9.17, 15) is 14.4 Å². The zero-order valence-electron chi connectivity index (χ0n) is 19.1. The van der Waals surface area contributed by atoms with Crippen LogP contribution in [0, 0.1) is 0 Å². The van der Waals surface area contributed by atoms with Crippen LogP contribution in [0.2, 0.25) is 0 Å². The number of hydrogen-bond donors (Lipinski definition) is 1. The summed E-state index contributed by atoms with van der Waals surface area (Å²) in [6.45, 7) is 6.58. The molecule has 0 saturated carbocycles. The van der Waals surface area contributed by atoms with Crippen molar-refractivity contribution in [2.24, 2.45) is 0 Å². The zero-order chi connectivity index (χ0) is 23.4. The molecule has 0 unspecified atom stereocenters. The summed E-state index contributed by atoms with van der Waals surface area (Å²) >= 11 is 0. The van der Waals surface area contributed by atoms with Gasteiger partial charge in [0, 0.05) is 51.5 Å². The highest BCUT2D eigenvalue weighted by Gasteiger charge is 2.41. The summed E-state index contributed by atoms with van der Waals surface area (Å²) in [5, 5.41) is 2.74. The van der Waals surface area contributed by atoms with Gasteiger partial charge in [-0.2, -0.15) is 0 Å². The number of rotatable bonds is 7. The fourth-order valence-electron chi connectivity index (χ4n) is 4.26. The number of hydrogen-bond acceptors (Lipinski definition) is 6. The first kappa shape index (κ1) is 22.5. The van der Waals surface area contributed by atoms with Crippen molar-refractivity contribution in [3.63, 3.8) is 0 Å². The number of anilines is 2. The molecule has 33 heavy (non-hydrogen) atoms. The highest BCUT2D eigenvalue weighted by Crippen LogP contribution is 2.33. The quantitative estimate of drug-likeness (QED) is 0.657. The number of carbonyl (C=O) groups excluding carboxylic acids is 3. The molecule has 0 bridgehead atoms. The number of pyridine rings is 1. The molecule has 0 aliphatic carbocycles. The number of carbonyl (C=O) groups is 3. The second-order valence-corrected chi connectivity index (χ2v) is 8.26. The van der Waals surface area contributed by atoms with Crippen LogP contribution in [-0.4, -0.2) is 65.2 Å². The van der Waals surface area contributed by atoms with Gasteiger partial charge in [-0.3, -0.25) is 19.3 Å². The van der Waals surface area contributed by atoms with Crippen molar-refractivity contribution in [1.82, 2.24) is 14.8 Å². The lowest BCUT2D eigenvalue weighted by molar-refractivity contribution is -0.137. The number of benzene rings is 1. The van der Waals surface area contributed by atoms with Crippen LogP contribution in [0.5, 0.6) is 0 Å². The van der Waals surface area contributed by atoms with E-state index in [1.807, 2.05) is 30.0 Å². The van der Waals surface area contributed by atoms with Gasteiger partial charge in [-0.05, 0) is 36.2 Å². The number of imide groups is 1. The largest absolute Gasteiger partial charge is 0.363 e. The Bertz CT molecular complexity index is 1060. The van der Waals surface area contributed by atoms with Crippen LogP contribution in [0.4, 0.5) is 11.5 Å². The molecule has 8 heteroatoms. The standard InChI is InChI=1S/C25H29N5O3/c1-3-4-13-30-24(32)22(19-8-10-20(11-9-19)27-18(2)31)23(25(30)33)29-16-14-28(15-17-29)21-7-5-6-12-26-21/h5-12H,3-4,13-17H2,1-2H3,(H,27,31). The number of amides is 3. The molecule has 1 fully saturated rings. The van der Waals surface area contributed by atoms with Crippen LogP contribution < -0.4 is 10.2 Å². The molecule has 1 saturated heterocycles. The number of nitrogens with one attached hydrogen (secondary N) is 1. The predicted octanol–water partition coefficient (Wildman–Crippen LogP) is 2.74. The Balaban J connectivity index is 1.62. The van der Waals surface area contributed by atoms with Crippen LogP contribution >= 0.6 is 0 Å². The molecule has 2 aliphatic rings. The molecule has 0 atom stereocenters. The van der Waals surface area contributed by atoms with Crippen LogP contribution in [0.3, 0.4) is 0 Å². The molecule has 172 valence electrons. The lowest BCUT2D eigenvalue weighted by Crippen LogP contribution is -2.48. The van der Waals surface area contributed by atoms with E-state index in [0.717, 1.165) is 18.7 Å². The fourth-order valence-corrected chi connectivity index (χ4v) is 4.26. The lowest BCUT2D eigenvalue weighted by Gasteiger charge is -2.37. The number of piperazine rings is 1. The Labute approximate surface area is 193 Å². The summed E-state index contributed by atoms with van der Waals surface area (Å²) in [6, 6.07) is 12.9. The molecule has 1 aromatic carbocycles. The minimum Gasteiger partial charge on any atom is -0.363 e. The van der Waals surface area contributed by atoms with E-state index in [1.54, 1.807) is 30.5 Å². The first-order valence-electron chi connectivity index (χ1n) is 11.4. The van der Waals surface area contributed by atoms with Crippen molar-refractivity contribution in [3.05, 3.63) is 59.9 Å². The van der Waals surface area contributed by atoms with Crippen LogP contribution in [0.15, 0.2) is 54.4 Å². The van der Waals surface area contributed by atoms with E-state index < -0.39 is 0 Å². The summed E-state index contributed by atoms with van der Waals surface area (Å²) in [7, 11) is 0. The second kappa shape index (κ2) is 9.85. The highest BCUT2D eigenvalue weighted by molar-refractivity contribution is 6.35. The molecule has 2 aliphatic heterocycles. The first-order chi connectivity index (χ1) is 16.0. The topological polar surface area (TPSA) is 85.8 Å². The van der Waals surface area contributed by atoms with Crippen molar-refractivity contribution < 1.29 is 14.4 Å². The van der Waals surface area contributed by atoms with Gasteiger partial charge in [-0.15, -0.1) is 0 Å². The van der Waals surface area contributed by atoms with Crippen LogP contribution in [-0.2, 0) is 14.4 Å². The van der Waals surface area contributed by atoms with Gasteiger partial charge >= 0.3 is 0 Å². The van der Waals surface area contributed by atoms with E-state index in [2.05, 4.69) is 15.2 Å². The number of aromatic nitrogens is 1. The van der Waals surface area contributed by atoms with Crippen molar-refractivity contribution in [2.45, 2.75) is 26.7 Å². The summed E-state index contributed by atoms with van der Waals surface area (Å²) in [4.78, 5) is 48.1. The number of unbranched alkanes of at least 4 members (excludes halogenated alkanes) is 1. The van der Waals surface area contributed by atoms with Crippen LogP contribution in [0.1, 0.15) is 32.3 Å². The van der Waals surface area contributed by atoms with E-state index in [1.165, 1.54) is 11.8 Å². The molecule has 1 aromatic heterocycles. The second-order valence-electron chi connectivity index (χ2n) is 8.26. The van der Waals surface area contributed by atoms with Crippen molar-refractivity contribution in [3.8, 4) is 0 Å².